The molecule has 1 unspecified atom stereocenters. The van der Waals surface area contributed by atoms with Crippen molar-refractivity contribution in [3.63, 3.8) is 0 Å². The Hall–Kier alpha value is -1.50. The third-order valence-electron chi connectivity index (χ3n) is 4.19. The van der Waals surface area contributed by atoms with Gasteiger partial charge in [-0.15, -0.1) is 22.7 Å². The molecule has 0 amide bonds. The molecule has 114 valence electrons. The third-order valence-corrected chi connectivity index (χ3v) is 6.12. The van der Waals surface area contributed by atoms with Gasteiger partial charge in [0.15, 0.2) is 0 Å². The number of thiazole rings is 1. The second-order valence-electron chi connectivity index (χ2n) is 5.62. The number of thiophene rings is 1. The van der Waals surface area contributed by atoms with Gasteiger partial charge in [-0.1, -0.05) is 6.07 Å². The van der Waals surface area contributed by atoms with Crippen molar-refractivity contribution < 1.29 is 0 Å². The highest BCUT2D eigenvalue weighted by Gasteiger charge is 2.23. The van der Waals surface area contributed by atoms with Crippen LogP contribution in [-0.4, -0.2) is 14.8 Å². The summed E-state index contributed by atoms with van der Waals surface area (Å²) < 4.78 is 2.01. The first-order valence-corrected chi connectivity index (χ1v) is 9.29. The summed E-state index contributed by atoms with van der Waals surface area (Å²) in [5.74, 6) is 0. The molecule has 4 nitrogen and oxygen atoms in total. The molecule has 1 atom stereocenters. The molecule has 3 aromatic heterocycles. The average molecular weight is 330 g/mol. The normalized spacial score (nSPS) is 17.6. The van der Waals surface area contributed by atoms with Gasteiger partial charge in [-0.3, -0.25) is 4.68 Å². The molecular weight excluding hydrogens is 312 g/mol. The van der Waals surface area contributed by atoms with Gasteiger partial charge >= 0.3 is 0 Å². The Morgan fingerprint density at radius 3 is 3.23 bits per heavy atom. The summed E-state index contributed by atoms with van der Waals surface area (Å²) in [6, 6.07) is 4.61. The van der Waals surface area contributed by atoms with Gasteiger partial charge in [0.25, 0.3) is 0 Å². The number of nitrogens with zero attached hydrogens (tertiary/aromatic N) is 3. The molecule has 0 saturated carbocycles. The molecule has 1 aliphatic carbocycles. The molecule has 0 aromatic carbocycles. The molecule has 0 bridgehead atoms. The van der Waals surface area contributed by atoms with Gasteiger partial charge in [-0.2, -0.15) is 5.10 Å². The maximum absolute atomic E-state index is 4.74. The number of hydrogen-bond donors (Lipinski definition) is 1. The summed E-state index contributed by atoms with van der Waals surface area (Å²) in [6.07, 6.45) is 5.57. The Bertz CT molecular complexity index is 757. The monoisotopic (exact) mass is 330 g/mol. The van der Waals surface area contributed by atoms with E-state index in [-0.39, 0.29) is 0 Å². The highest BCUT2D eigenvalue weighted by Crippen LogP contribution is 2.30. The smallest absolute Gasteiger partial charge is 0.133 e. The largest absolute Gasteiger partial charge is 0.304 e. The second kappa shape index (κ2) is 5.95. The molecular formula is C16H18N4S2. The molecule has 3 aromatic rings. The van der Waals surface area contributed by atoms with Crippen molar-refractivity contribution in [1.29, 1.82) is 0 Å². The molecule has 0 spiro atoms. The third kappa shape index (κ3) is 2.62. The van der Waals surface area contributed by atoms with Crippen molar-refractivity contribution >= 4 is 22.7 Å². The molecule has 1 N–H and O–H groups in total. The molecule has 4 rings (SSSR count). The Balaban J connectivity index is 1.45. The van der Waals surface area contributed by atoms with Crippen molar-refractivity contribution in [1.82, 2.24) is 20.1 Å². The van der Waals surface area contributed by atoms with Gasteiger partial charge in [0.2, 0.25) is 0 Å². The lowest BCUT2D eigenvalue weighted by Gasteiger charge is -2.23. The summed E-state index contributed by atoms with van der Waals surface area (Å²) in [7, 11) is 2.04. The molecule has 0 saturated heterocycles. The van der Waals surface area contributed by atoms with Crippen LogP contribution in [0.15, 0.2) is 29.1 Å². The van der Waals surface area contributed by atoms with Crippen LogP contribution in [0.25, 0.3) is 9.88 Å². The SMILES string of the molecule is Cn1ncc2c1CCCC2NCc1csc(-c2cccs2)n1. The zero-order valence-corrected chi connectivity index (χ0v) is 14.1. The van der Waals surface area contributed by atoms with Crippen molar-refractivity contribution in [2.24, 2.45) is 7.05 Å². The van der Waals surface area contributed by atoms with Crippen molar-refractivity contribution in [3.05, 3.63) is 46.0 Å². The molecule has 6 heteroatoms. The van der Waals surface area contributed by atoms with E-state index >= 15 is 0 Å². The first kappa shape index (κ1) is 14.1. The Morgan fingerprint density at radius 1 is 1.41 bits per heavy atom. The topological polar surface area (TPSA) is 42.7 Å². The van der Waals surface area contributed by atoms with E-state index in [1.165, 1.54) is 29.0 Å². The number of rotatable bonds is 4. The Morgan fingerprint density at radius 2 is 2.36 bits per heavy atom. The summed E-state index contributed by atoms with van der Waals surface area (Å²) in [6.45, 7) is 0.820. The van der Waals surface area contributed by atoms with Crippen molar-refractivity contribution in [3.8, 4) is 9.88 Å². The van der Waals surface area contributed by atoms with E-state index < -0.39 is 0 Å². The molecule has 3 heterocycles. The van der Waals surface area contributed by atoms with Crippen LogP contribution in [0, 0.1) is 0 Å². The van der Waals surface area contributed by atoms with Crippen LogP contribution in [0.4, 0.5) is 0 Å². The van der Waals surface area contributed by atoms with Crippen LogP contribution < -0.4 is 5.32 Å². The van der Waals surface area contributed by atoms with Gasteiger partial charge < -0.3 is 5.32 Å². The van der Waals surface area contributed by atoms with E-state index in [1.54, 1.807) is 22.7 Å². The van der Waals surface area contributed by atoms with E-state index in [2.05, 4.69) is 33.3 Å². The average Bonchev–Trinajstić information content (AvgIpc) is 3.26. The van der Waals surface area contributed by atoms with Gasteiger partial charge in [-0.25, -0.2) is 4.98 Å². The van der Waals surface area contributed by atoms with E-state index in [1.807, 2.05) is 17.9 Å². The maximum Gasteiger partial charge on any atom is 0.133 e. The molecule has 0 fully saturated rings. The van der Waals surface area contributed by atoms with Crippen LogP contribution in [-0.2, 0) is 20.0 Å². The van der Waals surface area contributed by atoms with E-state index in [0.29, 0.717) is 6.04 Å². The zero-order chi connectivity index (χ0) is 14.9. The molecule has 22 heavy (non-hydrogen) atoms. The van der Waals surface area contributed by atoms with Crippen molar-refractivity contribution in [2.45, 2.75) is 31.8 Å². The van der Waals surface area contributed by atoms with Crippen molar-refractivity contribution in [2.75, 3.05) is 0 Å². The summed E-state index contributed by atoms with van der Waals surface area (Å²) in [4.78, 5) is 6.00. The van der Waals surface area contributed by atoms with Gasteiger partial charge in [0, 0.05) is 36.3 Å². The quantitative estimate of drug-likeness (QED) is 0.792. The fraction of sp³-hybridized carbons (Fsp3) is 0.375. The summed E-state index contributed by atoms with van der Waals surface area (Å²) in [5.41, 5.74) is 3.87. The van der Waals surface area contributed by atoms with E-state index in [0.717, 1.165) is 23.7 Å². The minimum atomic E-state index is 0.407. The minimum absolute atomic E-state index is 0.407. The fourth-order valence-electron chi connectivity index (χ4n) is 3.05. The van der Waals surface area contributed by atoms with Gasteiger partial charge in [-0.05, 0) is 30.7 Å². The lowest BCUT2D eigenvalue weighted by molar-refractivity contribution is 0.450. The van der Waals surface area contributed by atoms with Crippen LogP contribution >= 0.6 is 22.7 Å². The molecule has 1 aliphatic rings. The lowest BCUT2D eigenvalue weighted by atomic mass is 9.93. The Kier molecular flexibility index (Phi) is 3.82. The standard InChI is InChI=1S/C16H18N4S2/c1-20-14-5-2-4-13(12(14)9-18-20)17-8-11-10-22-16(19-11)15-6-3-7-21-15/h3,6-7,9-10,13,17H,2,4-5,8H2,1H3. The summed E-state index contributed by atoms with van der Waals surface area (Å²) >= 11 is 3.47. The van der Waals surface area contributed by atoms with E-state index in [9.17, 15) is 0 Å². The maximum atomic E-state index is 4.74. The van der Waals surface area contributed by atoms with Crippen LogP contribution in [0.2, 0.25) is 0 Å². The van der Waals surface area contributed by atoms with Crippen LogP contribution in [0.3, 0.4) is 0 Å². The number of aromatic nitrogens is 3. The number of hydrogen-bond acceptors (Lipinski definition) is 5. The minimum Gasteiger partial charge on any atom is -0.304 e. The molecule has 0 aliphatic heterocycles. The highest BCUT2D eigenvalue weighted by molar-refractivity contribution is 7.20. The lowest BCUT2D eigenvalue weighted by Crippen LogP contribution is -2.25. The van der Waals surface area contributed by atoms with Gasteiger partial charge in [0.1, 0.15) is 5.01 Å². The molecule has 0 radical (unpaired) electrons. The number of nitrogens with one attached hydrogen (secondary N) is 1. The predicted octanol–water partition coefficient (Wildman–Crippen LogP) is 3.77. The van der Waals surface area contributed by atoms with Crippen LogP contribution in [0.1, 0.15) is 35.8 Å². The number of fused-ring (bicyclic) bond motifs is 1. The zero-order valence-electron chi connectivity index (χ0n) is 12.5. The number of aryl methyl sites for hydroxylation is 1. The summed E-state index contributed by atoms with van der Waals surface area (Å²) in [5, 5.41) is 13.4. The second-order valence-corrected chi connectivity index (χ2v) is 7.42. The first-order chi connectivity index (χ1) is 10.8. The Labute approximate surface area is 137 Å². The fourth-order valence-corrected chi connectivity index (χ4v) is 4.68. The van der Waals surface area contributed by atoms with Gasteiger partial charge in [0.05, 0.1) is 16.8 Å². The first-order valence-electron chi connectivity index (χ1n) is 7.53. The van der Waals surface area contributed by atoms with E-state index in [4.69, 9.17) is 4.98 Å². The predicted molar refractivity (Wildman–Crippen MR) is 91.2 cm³/mol. The van der Waals surface area contributed by atoms with Crippen LogP contribution in [0.5, 0.6) is 0 Å². The highest BCUT2D eigenvalue weighted by atomic mass is 32.1.